The molecule has 6 nitrogen and oxygen atoms in total. The normalized spacial score (nSPS) is 15.4. The largest absolute Gasteiger partial charge is 0.411 e. The molecule has 0 spiro atoms. The molecular weight excluding hydrogens is 469 g/mol. The van der Waals surface area contributed by atoms with Gasteiger partial charge in [0.2, 0.25) is 10.0 Å². The van der Waals surface area contributed by atoms with Gasteiger partial charge in [-0.1, -0.05) is 49.6 Å². The van der Waals surface area contributed by atoms with E-state index in [-0.39, 0.29) is 29.7 Å². The number of carbonyl (C=O) groups is 1. The van der Waals surface area contributed by atoms with Crippen LogP contribution >= 0.6 is 0 Å². The van der Waals surface area contributed by atoms with Gasteiger partial charge in [-0.25, -0.2) is 8.42 Å². The summed E-state index contributed by atoms with van der Waals surface area (Å²) >= 11 is 0. The molecule has 0 aromatic heterocycles. The molecule has 0 aliphatic heterocycles. The Hall–Kier alpha value is -2.43. The second-order valence-corrected chi connectivity index (χ2v) is 10.4. The van der Waals surface area contributed by atoms with E-state index in [9.17, 15) is 26.4 Å². The van der Waals surface area contributed by atoms with Crippen molar-refractivity contribution in [2.75, 3.05) is 13.7 Å². The molecule has 1 saturated carbocycles. The maximum Gasteiger partial charge on any atom is 0.411 e. The van der Waals surface area contributed by atoms with Crippen molar-refractivity contribution in [2.45, 2.75) is 62.4 Å². The number of benzene rings is 2. The maximum atomic E-state index is 13.1. The predicted molar refractivity (Wildman–Crippen MR) is 122 cm³/mol. The molecular formula is C24H29F3N2O4S. The van der Waals surface area contributed by atoms with Gasteiger partial charge < -0.3 is 10.1 Å². The third-order valence-corrected chi connectivity index (χ3v) is 7.78. The van der Waals surface area contributed by atoms with Crippen molar-refractivity contribution < 1.29 is 31.1 Å². The first-order valence-electron chi connectivity index (χ1n) is 11.1. The van der Waals surface area contributed by atoms with Gasteiger partial charge in [-0.05, 0) is 42.2 Å². The number of sulfonamides is 1. The number of amides is 1. The molecule has 0 atom stereocenters. The number of nitrogens with one attached hydrogen (secondary N) is 1. The molecule has 0 bridgehead atoms. The first-order chi connectivity index (χ1) is 16.1. The fraction of sp³-hybridized carbons (Fsp3) is 0.458. The van der Waals surface area contributed by atoms with E-state index in [4.69, 9.17) is 0 Å². The van der Waals surface area contributed by atoms with Crippen LogP contribution in [0.2, 0.25) is 0 Å². The van der Waals surface area contributed by atoms with E-state index in [0.717, 1.165) is 37.7 Å². The number of alkyl halides is 3. The topological polar surface area (TPSA) is 75.7 Å². The van der Waals surface area contributed by atoms with E-state index < -0.39 is 28.7 Å². The Bertz CT molecular complexity index is 1070. The Morgan fingerprint density at radius 1 is 1.06 bits per heavy atom. The lowest BCUT2D eigenvalue weighted by atomic mass is 9.96. The Morgan fingerprint density at radius 3 is 2.35 bits per heavy atom. The van der Waals surface area contributed by atoms with Gasteiger partial charge in [0.05, 0.1) is 11.5 Å². The van der Waals surface area contributed by atoms with E-state index in [1.807, 2.05) is 0 Å². The molecule has 34 heavy (non-hydrogen) atoms. The van der Waals surface area contributed by atoms with E-state index >= 15 is 0 Å². The molecule has 1 aliphatic rings. The van der Waals surface area contributed by atoms with E-state index in [0.29, 0.717) is 5.56 Å². The molecule has 1 aliphatic carbocycles. The third-order valence-electron chi connectivity index (χ3n) is 5.87. The first-order valence-corrected chi connectivity index (χ1v) is 12.6. The Morgan fingerprint density at radius 2 is 1.71 bits per heavy atom. The molecule has 0 heterocycles. The van der Waals surface area contributed by atoms with Crippen molar-refractivity contribution in [3.63, 3.8) is 0 Å². The van der Waals surface area contributed by atoms with Gasteiger partial charge >= 0.3 is 6.18 Å². The number of rotatable bonds is 9. The number of halogens is 3. The smallest absolute Gasteiger partial charge is 0.367 e. The number of hydrogen-bond donors (Lipinski definition) is 1. The first kappa shape index (κ1) is 26.2. The molecule has 186 valence electrons. The Kier molecular flexibility index (Phi) is 8.72. The average Bonchev–Trinajstić information content (AvgIpc) is 2.82. The van der Waals surface area contributed by atoms with Crippen molar-refractivity contribution in [1.82, 2.24) is 9.62 Å². The molecule has 0 unspecified atom stereocenters. The van der Waals surface area contributed by atoms with Crippen LogP contribution in [0.25, 0.3) is 0 Å². The highest BCUT2D eigenvalue weighted by atomic mass is 32.2. The zero-order chi connectivity index (χ0) is 24.8. The maximum absolute atomic E-state index is 13.1. The van der Waals surface area contributed by atoms with Crippen molar-refractivity contribution in [2.24, 2.45) is 0 Å². The second-order valence-electron chi connectivity index (χ2n) is 8.45. The fourth-order valence-corrected chi connectivity index (χ4v) is 5.39. The SMILES string of the molecule is CN(C1CCCCC1)S(=O)(=O)c1cccc(C(=O)NCc2ccc(COCC(F)(F)F)cc2)c1. The van der Waals surface area contributed by atoms with Crippen molar-refractivity contribution in [3.05, 3.63) is 65.2 Å². The van der Waals surface area contributed by atoms with Crippen LogP contribution in [0.5, 0.6) is 0 Å². The standard InChI is InChI=1S/C24H29F3N2O4S/c1-29(21-7-3-2-4-8-21)34(31,32)22-9-5-6-20(14-22)23(30)28-15-18-10-12-19(13-11-18)16-33-17-24(25,26)27/h5-6,9-14,21H,2-4,7-8,15-17H2,1H3,(H,28,30). The van der Waals surface area contributed by atoms with Gasteiger partial charge in [-0.15, -0.1) is 0 Å². The number of ether oxygens (including phenoxy) is 1. The van der Waals surface area contributed by atoms with Gasteiger partial charge in [0.1, 0.15) is 6.61 Å². The second kappa shape index (κ2) is 11.3. The molecule has 2 aromatic carbocycles. The van der Waals surface area contributed by atoms with Crippen LogP contribution in [0.15, 0.2) is 53.4 Å². The predicted octanol–water partition coefficient (Wildman–Crippen LogP) is 4.65. The van der Waals surface area contributed by atoms with Crippen LogP contribution in [-0.4, -0.2) is 44.5 Å². The highest BCUT2D eigenvalue weighted by Gasteiger charge is 2.29. The molecule has 0 saturated heterocycles. The van der Waals surface area contributed by atoms with Crippen molar-refractivity contribution in [1.29, 1.82) is 0 Å². The quantitative estimate of drug-likeness (QED) is 0.546. The molecule has 1 N–H and O–H groups in total. The zero-order valence-electron chi connectivity index (χ0n) is 19.0. The lowest BCUT2D eigenvalue weighted by Crippen LogP contribution is -2.38. The summed E-state index contributed by atoms with van der Waals surface area (Å²) in [6.45, 7) is -1.29. The van der Waals surface area contributed by atoms with Crippen molar-refractivity contribution >= 4 is 15.9 Å². The Labute approximate surface area is 198 Å². The van der Waals surface area contributed by atoms with E-state index in [1.54, 1.807) is 43.4 Å². The molecule has 10 heteroatoms. The third kappa shape index (κ3) is 7.28. The number of hydrogen-bond acceptors (Lipinski definition) is 4. The summed E-state index contributed by atoms with van der Waals surface area (Å²) in [5, 5.41) is 2.74. The molecule has 1 fully saturated rings. The summed E-state index contributed by atoms with van der Waals surface area (Å²) in [6, 6.07) is 12.6. The molecule has 2 aromatic rings. The fourth-order valence-electron chi connectivity index (χ4n) is 3.93. The van der Waals surface area contributed by atoms with Gasteiger partial charge in [0.25, 0.3) is 5.91 Å². The summed E-state index contributed by atoms with van der Waals surface area (Å²) in [6.07, 6.45) is 0.441. The monoisotopic (exact) mass is 498 g/mol. The van der Waals surface area contributed by atoms with E-state index in [1.165, 1.54) is 16.4 Å². The molecule has 1 amide bonds. The minimum Gasteiger partial charge on any atom is -0.367 e. The lowest BCUT2D eigenvalue weighted by molar-refractivity contribution is -0.176. The molecule has 0 radical (unpaired) electrons. The summed E-state index contributed by atoms with van der Waals surface area (Å²) in [4.78, 5) is 12.7. The van der Waals surface area contributed by atoms with Crippen LogP contribution in [0.1, 0.15) is 53.6 Å². The van der Waals surface area contributed by atoms with Crippen LogP contribution in [0.3, 0.4) is 0 Å². The van der Waals surface area contributed by atoms with Crippen LogP contribution in [0.4, 0.5) is 13.2 Å². The molecule has 3 rings (SSSR count). The minimum atomic E-state index is -4.37. The summed E-state index contributed by atoms with van der Waals surface area (Å²) in [7, 11) is -2.12. The minimum absolute atomic E-state index is 0.0296. The van der Waals surface area contributed by atoms with Gasteiger partial charge in [0, 0.05) is 25.2 Å². The highest BCUT2D eigenvalue weighted by Crippen LogP contribution is 2.26. The summed E-state index contributed by atoms with van der Waals surface area (Å²) < 4.78 is 68.6. The summed E-state index contributed by atoms with van der Waals surface area (Å²) in [5.41, 5.74) is 1.56. The van der Waals surface area contributed by atoms with E-state index in [2.05, 4.69) is 10.1 Å². The summed E-state index contributed by atoms with van der Waals surface area (Å²) in [5.74, 6) is -0.421. The lowest BCUT2D eigenvalue weighted by Gasteiger charge is -2.30. The van der Waals surface area contributed by atoms with Crippen molar-refractivity contribution in [3.8, 4) is 0 Å². The Balaban J connectivity index is 1.58. The average molecular weight is 499 g/mol. The van der Waals surface area contributed by atoms with Crippen LogP contribution in [0, 0.1) is 0 Å². The van der Waals surface area contributed by atoms with Gasteiger partial charge in [-0.3, -0.25) is 4.79 Å². The zero-order valence-corrected chi connectivity index (χ0v) is 19.8. The number of carbonyl (C=O) groups excluding carboxylic acids is 1. The van der Waals surface area contributed by atoms with Gasteiger partial charge in [0.15, 0.2) is 0 Å². The van der Waals surface area contributed by atoms with Gasteiger partial charge in [-0.2, -0.15) is 17.5 Å². The van der Waals surface area contributed by atoms with Crippen LogP contribution in [-0.2, 0) is 27.9 Å². The van der Waals surface area contributed by atoms with Crippen LogP contribution < -0.4 is 5.32 Å². The number of nitrogens with zero attached hydrogens (tertiary/aromatic N) is 1. The highest BCUT2D eigenvalue weighted by molar-refractivity contribution is 7.89.